The van der Waals surface area contributed by atoms with E-state index in [0.717, 1.165) is 11.3 Å². The maximum atomic E-state index is 14.0. The topological polar surface area (TPSA) is 58.6 Å². The summed E-state index contributed by atoms with van der Waals surface area (Å²) in [6.45, 7) is 3.03. The van der Waals surface area contributed by atoms with Crippen LogP contribution in [0.5, 0.6) is 5.75 Å². The van der Waals surface area contributed by atoms with Gasteiger partial charge < -0.3 is 15.0 Å². The molecule has 0 radical (unpaired) electrons. The van der Waals surface area contributed by atoms with Gasteiger partial charge in [-0.1, -0.05) is 24.3 Å². The largest absolute Gasteiger partial charge is 0.497 e. The van der Waals surface area contributed by atoms with Crippen molar-refractivity contribution in [2.24, 2.45) is 5.41 Å². The molecule has 2 aromatic rings. The Morgan fingerprint density at radius 3 is 2.75 bits per heavy atom. The number of rotatable bonds is 5. The van der Waals surface area contributed by atoms with E-state index in [1.807, 2.05) is 31.2 Å². The van der Waals surface area contributed by atoms with Crippen LogP contribution in [0, 0.1) is 11.2 Å². The Morgan fingerprint density at radius 1 is 1.21 bits per heavy atom. The van der Waals surface area contributed by atoms with Crippen molar-refractivity contribution in [3.05, 3.63) is 65.5 Å². The van der Waals surface area contributed by atoms with Crippen molar-refractivity contribution in [3.63, 3.8) is 0 Å². The smallest absolute Gasteiger partial charge is 0.256 e. The average Bonchev–Trinajstić information content (AvgIpc) is 2.72. The Morgan fingerprint density at radius 2 is 2.00 bits per heavy atom. The normalized spacial score (nSPS) is 19.2. The molecule has 0 bridgehead atoms. The van der Waals surface area contributed by atoms with Crippen molar-refractivity contribution in [1.82, 2.24) is 10.2 Å². The fourth-order valence-corrected chi connectivity index (χ4v) is 3.58. The first-order valence-corrected chi connectivity index (χ1v) is 9.38. The first kappa shape index (κ1) is 19.9. The summed E-state index contributed by atoms with van der Waals surface area (Å²) < 4.78 is 19.2. The molecular formula is C22H25FN2O3. The SMILES string of the molecule is COc1cccc(CNC(=O)[C@]2(C)CCCN(C(=O)c3ccccc3F)C2)c1. The molecule has 0 aromatic heterocycles. The van der Waals surface area contributed by atoms with Crippen LogP contribution in [0.1, 0.15) is 35.7 Å². The van der Waals surface area contributed by atoms with Crippen molar-refractivity contribution in [3.8, 4) is 5.75 Å². The van der Waals surface area contributed by atoms with E-state index in [-0.39, 0.29) is 23.9 Å². The Labute approximate surface area is 164 Å². The molecule has 2 aromatic carbocycles. The summed E-state index contributed by atoms with van der Waals surface area (Å²) in [7, 11) is 1.60. The van der Waals surface area contributed by atoms with Gasteiger partial charge in [0.1, 0.15) is 11.6 Å². The lowest BCUT2D eigenvalue weighted by Crippen LogP contribution is -2.51. The molecule has 0 spiro atoms. The molecule has 3 rings (SSSR count). The highest BCUT2D eigenvalue weighted by Gasteiger charge is 2.39. The fourth-order valence-electron chi connectivity index (χ4n) is 3.58. The van der Waals surface area contributed by atoms with Gasteiger partial charge in [-0.2, -0.15) is 0 Å². The van der Waals surface area contributed by atoms with E-state index < -0.39 is 11.2 Å². The number of nitrogens with zero attached hydrogens (tertiary/aromatic N) is 1. The van der Waals surface area contributed by atoms with Crippen LogP contribution in [0.2, 0.25) is 0 Å². The fraction of sp³-hybridized carbons (Fsp3) is 0.364. The van der Waals surface area contributed by atoms with Crippen LogP contribution < -0.4 is 10.1 Å². The molecule has 1 N–H and O–H groups in total. The highest BCUT2D eigenvalue weighted by atomic mass is 19.1. The lowest BCUT2D eigenvalue weighted by Gasteiger charge is -2.39. The van der Waals surface area contributed by atoms with Crippen LogP contribution in [0.4, 0.5) is 4.39 Å². The van der Waals surface area contributed by atoms with Crippen LogP contribution in [-0.4, -0.2) is 36.9 Å². The molecule has 5 nitrogen and oxygen atoms in total. The molecule has 148 valence electrons. The van der Waals surface area contributed by atoms with Crippen molar-refractivity contribution in [2.75, 3.05) is 20.2 Å². The average molecular weight is 384 g/mol. The van der Waals surface area contributed by atoms with E-state index in [1.165, 1.54) is 12.1 Å². The highest BCUT2D eigenvalue weighted by molar-refractivity contribution is 5.95. The zero-order valence-electron chi connectivity index (χ0n) is 16.2. The van der Waals surface area contributed by atoms with Gasteiger partial charge in [-0.3, -0.25) is 9.59 Å². The number of piperidine rings is 1. The maximum Gasteiger partial charge on any atom is 0.256 e. The molecule has 28 heavy (non-hydrogen) atoms. The number of benzene rings is 2. The number of hydrogen-bond donors (Lipinski definition) is 1. The quantitative estimate of drug-likeness (QED) is 0.860. The zero-order chi connectivity index (χ0) is 20.1. The Bertz CT molecular complexity index is 870. The third-order valence-electron chi connectivity index (χ3n) is 5.22. The minimum atomic E-state index is -0.710. The second-order valence-corrected chi connectivity index (χ2v) is 7.40. The van der Waals surface area contributed by atoms with Gasteiger partial charge in [0.15, 0.2) is 0 Å². The molecule has 0 unspecified atom stereocenters. The molecule has 1 saturated heterocycles. The summed E-state index contributed by atoms with van der Waals surface area (Å²) in [5, 5.41) is 2.96. The monoisotopic (exact) mass is 384 g/mol. The Hall–Kier alpha value is -2.89. The Kier molecular flexibility index (Phi) is 5.97. The van der Waals surface area contributed by atoms with E-state index in [4.69, 9.17) is 4.74 Å². The predicted molar refractivity (Wildman–Crippen MR) is 104 cm³/mol. The number of carbonyl (C=O) groups excluding carboxylic acids is 2. The molecule has 1 heterocycles. The number of ether oxygens (including phenoxy) is 1. The van der Waals surface area contributed by atoms with E-state index in [1.54, 1.807) is 24.1 Å². The van der Waals surface area contributed by atoms with Gasteiger partial charge in [0.05, 0.1) is 18.1 Å². The third-order valence-corrected chi connectivity index (χ3v) is 5.22. The van der Waals surface area contributed by atoms with Crippen molar-refractivity contribution in [2.45, 2.75) is 26.3 Å². The number of halogens is 1. The minimum Gasteiger partial charge on any atom is -0.497 e. The van der Waals surface area contributed by atoms with Gasteiger partial charge in [-0.25, -0.2) is 4.39 Å². The molecule has 2 amide bonds. The lowest BCUT2D eigenvalue weighted by atomic mass is 9.80. The zero-order valence-corrected chi connectivity index (χ0v) is 16.2. The van der Waals surface area contributed by atoms with Gasteiger partial charge >= 0.3 is 0 Å². The summed E-state index contributed by atoms with van der Waals surface area (Å²) in [6.07, 6.45) is 1.38. The van der Waals surface area contributed by atoms with Crippen LogP contribution in [0.25, 0.3) is 0 Å². The standard InChI is InChI=1S/C22H25FN2O3/c1-22(21(27)24-14-16-7-5-8-17(13-16)28-2)11-6-12-25(15-22)20(26)18-9-3-4-10-19(18)23/h3-5,7-10,13H,6,11-12,14-15H2,1-2H3,(H,24,27)/t22-/m1/s1. The van der Waals surface area contributed by atoms with Crippen molar-refractivity contribution in [1.29, 1.82) is 0 Å². The predicted octanol–water partition coefficient (Wildman–Crippen LogP) is 3.39. The van der Waals surface area contributed by atoms with Crippen LogP contribution >= 0.6 is 0 Å². The van der Waals surface area contributed by atoms with E-state index in [0.29, 0.717) is 25.9 Å². The summed E-state index contributed by atoms with van der Waals surface area (Å²) >= 11 is 0. The van der Waals surface area contributed by atoms with Crippen molar-refractivity contribution < 1.29 is 18.7 Å². The Balaban J connectivity index is 1.66. The van der Waals surface area contributed by atoms with E-state index in [2.05, 4.69) is 5.32 Å². The number of likely N-dealkylation sites (tertiary alicyclic amines) is 1. The van der Waals surface area contributed by atoms with Gasteiger partial charge in [0.2, 0.25) is 5.91 Å². The van der Waals surface area contributed by atoms with Crippen LogP contribution in [-0.2, 0) is 11.3 Å². The number of carbonyl (C=O) groups is 2. The van der Waals surface area contributed by atoms with Gasteiger partial charge in [0.25, 0.3) is 5.91 Å². The lowest BCUT2D eigenvalue weighted by molar-refractivity contribution is -0.132. The molecule has 6 heteroatoms. The second-order valence-electron chi connectivity index (χ2n) is 7.40. The highest BCUT2D eigenvalue weighted by Crippen LogP contribution is 2.31. The van der Waals surface area contributed by atoms with Crippen LogP contribution in [0.15, 0.2) is 48.5 Å². The van der Waals surface area contributed by atoms with Gasteiger partial charge in [0, 0.05) is 19.6 Å². The number of nitrogens with one attached hydrogen (secondary N) is 1. The van der Waals surface area contributed by atoms with Crippen molar-refractivity contribution >= 4 is 11.8 Å². The minimum absolute atomic E-state index is 0.0449. The van der Waals surface area contributed by atoms with Crippen LogP contribution in [0.3, 0.4) is 0 Å². The summed E-state index contributed by atoms with van der Waals surface area (Å²) in [6, 6.07) is 13.5. The van der Waals surface area contributed by atoms with Gasteiger partial charge in [-0.05, 0) is 49.6 Å². The molecule has 1 fully saturated rings. The molecule has 1 aliphatic heterocycles. The molecule has 1 atom stereocenters. The van der Waals surface area contributed by atoms with E-state index >= 15 is 0 Å². The third kappa shape index (κ3) is 4.32. The van der Waals surface area contributed by atoms with E-state index in [9.17, 15) is 14.0 Å². The molecule has 0 aliphatic carbocycles. The molecule has 0 saturated carbocycles. The van der Waals surface area contributed by atoms with Gasteiger partial charge in [-0.15, -0.1) is 0 Å². The summed E-state index contributed by atoms with van der Waals surface area (Å²) in [5.74, 6) is -0.287. The number of hydrogen-bond acceptors (Lipinski definition) is 3. The first-order chi connectivity index (χ1) is 13.4. The first-order valence-electron chi connectivity index (χ1n) is 9.38. The molecule has 1 aliphatic rings. The number of methoxy groups -OCH3 is 1. The number of amides is 2. The molecular weight excluding hydrogens is 359 g/mol. The summed E-state index contributed by atoms with van der Waals surface area (Å²) in [5.41, 5.74) is 0.271. The maximum absolute atomic E-state index is 14.0. The second kappa shape index (κ2) is 8.42. The summed E-state index contributed by atoms with van der Waals surface area (Å²) in [4.78, 5) is 27.2.